The number of hydrogen-bond acceptors (Lipinski definition) is 7. The number of aliphatic hydroxyl groups excluding tert-OH is 1. The standard InChI is InChI=1S/C19H20N4O4/c1-13-3-5-14(6-4-13)18-20-22-23(21-18)11-16(24)12-27-17-9-7-15(8-10-17)19(25)26-2/h3-10,16,24H,11-12H2,1-2H3. The van der Waals surface area contributed by atoms with Crippen molar-refractivity contribution < 1.29 is 19.4 Å². The number of aryl methyl sites for hydroxylation is 1. The molecule has 0 aliphatic rings. The third-order valence-corrected chi connectivity index (χ3v) is 3.85. The summed E-state index contributed by atoms with van der Waals surface area (Å²) in [5.74, 6) is 0.623. The molecule has 0 aliphatic carbocycles. The van der Waals surface area contributed by atoms with Crippen LogP contribution in [0.25, 0.3) is 11.4 Å². The van der Waals surface area contributed by atoms with E-state index in [9.17, 15) is 9.90 Å². The molecule has 1 N–H and O–H groups in total. The van der Waals surface area contributed by atoms with Gasteiger partial charge in [0.2, 0.25) is 5.82 Å². The zero-order chi connectivity index (χ0) is 19.2. The molecule has 0 amide bonds. The number of carbonyl (C=O) groups is 1. The molecule has 0 saturated carbocycles. The molecule has 8 nitrogen and oxygen atoms in total. The molecule has 3 aromatic rings. The Labute approximate surface area is 156 Å². The molecule has 3 rings (SSSR count). The molecule has 0 aliphatic heterocycles. The number of hydrogen-bond donors (Lipinski definition) is 1. The van der Waals surface area contributed by atoms with Gasteiger partial charge < -0.3 is 14.6 Å². The molecule has 2 aromatic carbocycles. The minimum Gasteiger partial charge on any atom is -0.491 e. The minimum atomic E-state index is -0.814. The summed E-state index contributed by atoms with van der Waals surface area (Å²) in [4.78, 5) is 12.7. The van der Waals surface area contributed by atoms with E-state index in [4.69, 9.17) is 4.74 Å². The van der Waals surface area contributed by atoms with Gasteiger partial charge in [-0.3, -0.25) is 0 Å². The van der Waals surface area contributed by atoms with E-state index < -0.39 is 12.1 Å². The molecule has 1 unspecified atom stereocenters. The van der Waals surface area contributed by atoms with Gasteiger partial charge in [0.05, 0.1) is 19.2 Å². The van der Waals surface area contributed by atoms with Crippen molar-refractivity contribution in [1.29, 1.82) is 0 Å². The van der Waals surface area contributed by atoms with Crippen LogP contribution in [0, 0.1) is 6.92 Å². The lowest BCUT2D eigenvalue weighted by Crippen LogP contribution is -2.25. The van der Waals surface area contributed by atoms with E-state index in [2.05, 4.69) is 20.1 Å². The molecule has 1 heterocycles. The first-order chi connectivity index (χ1) is 13.0. The lowest BCUT2D eigenvalue weighted by atomic mass is 10.1. The van der Waals surface area contributed by atoms with Crippen molar-refractivity contribution in [3.05, 3.63) is 59.7 Å². The Morgan fingerprint density at radius 2 is 1.85 bits per heavy atom. The zero-order valence-electron chi connectivity index (χ0n) is 15.1. The number of methoxy groups -OCH3 is 1. The number of esters is 1. The molecule has 0 saturated heterocycles. The number of ether oxygens (including phenoxy) is 2. The van der Waals surface area contributed by atoms with E-state index in [0.717, 1.165) is 11.1 Å². The highest BCUT2D eigenvalue weighted by molar-refractivity contribution is 5.89. The van der Waals surface area contributed by atoms with Gasteiger partial charge >= 0.3 is 5.97 Å². The van der Waals surface area contributed by atoms with E-state index in [1.807, 2.05) is 31.2 Å². The highest BCUT2D eigenvalue weighted by atomic mass is 16.5. The lowest BCUT2D eigenvalue weighted by Gasteiger charge is -2.11. The molecular weight excluding hydrogens is 348 g/mol. The number of benzene rings is 2. The first-order valence-electron chi connectivity index (χ1n) is 8.39. The predicted molar refractivity (Wildman–Crippen MR) is 97.3 cm³/mol. The van der Waals surface area contributed by atoms with Crippen LogP contribution < -0.4 is 4.74 Å². The van der Waals surface area contributed by atoms with Gasteiger partial charge in [-0.15, -0.1) is 10.2 Å². The van der Waals surface area contributed by atoms with Crippen LogP contribution >= 0.6 is 0 Å². The Morgan fingerprint density at radius 1 is 1.15 bits per heavy atom. The molecule has 0 fully saturated rings. The van der Waals surface area contributed by atoms with Gasteiger partial charge in [-0.25, -0.2) is 4.79 Å². The maximum atomic E-state index is 11.4. The van der Waals surface area contributed by atoms with Gasteiger partial charge in [-0.2, -0.15) is 4.80 Å². The van der Waals surface area contributed by atoms with Crippen molar-refractivity contribution in [1.82, 2.24) is 20.2 Å². The summed E-state index contributed by atoms with van der Waals surface area (Å²) < 4.78 is 10.2. The summed E-state index contributed by atoms with van der Waals surface area (Å²) in [6, 6.07) is 14.3. The van der Waals surface area contributed by atoms with Gasteiger partial charge in [0.15, 0.2) is 0 Å². The van der Waals surface area contributed by atoms with E-state index in [-0.39, 0.29) is 13.2 Å². The average Bonchev–Trinajstić information content (AvgIpc) is 3.15. The quantitative estimate of drug-likeness (QED) is 0.636. The number of rotatable bonds is 7. The molecular formula is C19H20N4O4. The van der Waals surface area contributed by atoms with E-state index in [1.54, 1.807) is 24.3 Å². The second-order valence-electron chi connectivity index (χ2n) is 6.01. The van der Waals surface area contributed by atoms with Crippen molar-refractivity contribution in [3.8, 4) is 17.1 Å². The van der Waals surface area contributed by atoms with Crippen LogP contribution in [0.5, 0.6) is 5.75 Å². The van der Waals surface area contributed by atoms with Crippen LogP contribution in [0.1, 0.15) is 15.9 Å². The first-order valence-corrected chi connectivity index (χ1v) is 8.39. The second kappa shape index (κ2) is 8.41. The van der Waals surface area contributed by atoms with Crippen molar-refractivity contribution in [2.45, 2.75) is 19.6 Å². The Bertz CT molecular complexity index is 891. The van der Waals surface area contributed by atoms with Crippen molar-refractivity contribution in [2.75, 3.05) is 13.7 Å². The van der Waals surface area contributed by atoms with Gasteiger partial charge in [-0.05, 0) is 36.4 Å². The maximum Gasteiger partial charge on any atom is 0.337 e. The van der Waals surface area contributed by atoms with Crippen LogP contribution in [0.2, 0.25) is 0 Å². The molecule has 140 valence electrons. The van der Waals surface area contributed by atoms with Crippen LogP contribution in [0.15, 0.2) is 48.5 Å². The zero-order valence-corrected chi connectivity index (χ0v) is 15.1. The Hall–Kier alpha value is -3.26. The Kier molecular flexibility index (Phi) is 5.77. The summed E-state index contributed by atoms with van der Waals surface area (Å²) in [7, 11) is 1.32. The van der Waals surface area contributed by atoms with E-state index in [1.165, 1.54) is 11.9 Å². The van der Waals surface area contributed by atoms with Gasteiger partial charge in [0.1, 0.15) is 18.5 Å². The van der Waals surface area contributed by atoms with Gasteiger partial charge in [0.25, 0.3) is 0 Å². The van der Waals surface area contributed by atoms with Crippen LogP contribution in [-0.4, -0.2) is 51.1 Å². The predicted octanol–water partition coefficient (Wildman–Crippen LogP) is 1.88. The topological polar surface area (TPSA) is 99.4 Å². The fraction of sp³-hybridized carbons (Fsp3) is 0.263. The third kappa shape index (κ3) is 4.89. The van der Waals surface area contributed by atoms with Gasteiger partial charge in [0, 0.05) is 5.56 Å². The van der Waals surface area contributed by atoms with Crippen LogP contribution in [0.3, 0.4) is 0 Å². The SMILES string of the molecule is COC(=O)c1ccc(OCC(O)Cn2nnc(-c3ccc(C)cc3)n2)cc1. The van der Waals surface area contributed by atoms with E-state index in [0.29, 0.717) is 17.1 Å². The van der Waals surface area contributed by atoms with Gasteiger partial charge in [-0.1, -0.05) is 29.8 Å². The summed E-state index contributed by atoms with van der Waals surface area (Å²) in [5, 5.41) is 22.4. The summed E-state index contributed by atoms with van der Waals surface area (Å²) >= 11 is 0. The van der Waals surface area contributed by atoms with E-state index >= 15 is 0 Å². The Morgan fingerprint density at radius 3 is 2.52 bits per heavy atom. The smallest absolute Gasteiger partial charge is 0.337 e. The van der Waals surface area contributed by atoms with Crippen LogP contribution in [0.4, 0.5) is 0 Å². The molecule has 27 heavy (non-hydrogen) atoms. The lowest BCUT2D eigenvalue weighted by molar-refractivity contribution is 0.0600. The number of aliphatic hydroxyl groups is 1. The largest absolute Gasteiger partial charge is 0.491 e. The fourth-order valence-corrected chi connectivity index (χ4v) is 2.38. The number of aromatic nitrogens is 4. The summed E-state index contributed by atoms with van der Waals surface area (Å²) in [6.45, 7) is 2.21. The maximum absolute atomic E-state index is 11.4. The second-order valence-corrected chi connectivity index (χ2v) is 6.01. The van der Waals surface area contributed by atoms with Crippen molar-refractivity contribution >= 4 is 5.97 Å². The fourth-order valence-electron chi connectivity index (χ4n) is 2.38. The molecule has 1 atom stereocenters. The molecule has 0 radical (unpaired) electrons. The highest BCUT2D eigenvalue weighted by Gasteiger charge is 2.12. The number of carbonyl (C=O) groups excluding carboxylic acids is 1. The summed E-state index contributed by atoms with van der Waals surface area (Å²) in [5.41, 5.74) is 2.45. The molecule has 0 bridgehead atoms. The minimum absolute atomic E-state index is 0.0545. The van der Waals surface area contributed by atoms with Crippen molar-refractivity contribution in [3.63, 3.8) is 0 Å². The molecule has 8 heteroatoms. The monoisotopic (exact) mass is 368 g/mol. The van der Waals surface area contributed by atoms with Crippen LogP contribution in [-0.2, 0) is 11.3 Å². The van der Waals surface area contributed by atoms with Crippen molar-refractivity contribution in [2.24, 2.45) is 0 Å². The third-order valence-electron chi connectivity index (χ3n) is 3.85. The molecule has 1 aromatic heterocycles. The normalized spacial score (nSPS) is 11.8. The number of tetrazole rings is 1. The summed E-state index contributed by atoms with van der Waals surface area (Å²) in [6.07, 6.45) is -0.814. The highest BCUT2D eigenvalue weighted by Crippen LogP contribution is 2.15. The average molecular weight is 368 g/mol. The number of nitrogens with zero attached hydrogens (tertiary/aromatic N) is 4. The molecule has 0 spiro atoms. The first kappa shape index (κ1) is 18.5. The Balaban J connectivity index is 1.53.